The SMILES string of the molecule is CC(C)CCOC(=O)c1ccc(CN(c2ccccc2)S(=O)(=O)N2CCS(=O)(=O)CC2)nc1. The van der Waals surface area contributed by atoms with Crippen molar-refractivity contribution in [1.29, 1.82) is 0 Å². The van der Waals surface area contributed by atoms with Gasteiger partial charge in [-0.2, -0.15) is 12.7 Å². The van der Waals surface area contributed by atoms with Crippen molar-refractivity contribution in [2.75, 3.05) is 35.5 Å². The van der Waals surface area contributed by atoms with Gasteiger partial charge in [0.25, 0.3) is 0 Å². The van der Waals surface area contributed by atoms with Crippen molar-refractivity contribution in [3.05, 3.63) is 59.9 Å². The molecule has 1 aliphatic heterocycles. The summed E-state index contributed by atoms with van der Waals surface area (Å²) in [4.78, 5) is 16.4. The monoisotopic (exact) mass is 495 g/mol. The van der Waals surface area contributed by atoms with E-state index in [1.807, 2.05) is 13.8 Å². The topological polar surface area (TPSA) is 114 Å². The Hall–Kier alpha value is -2.50. The van der Waals surface area contributed by atoms with Crippen LogP contribution in [0.3, 0.4) is 0 Å². The van der Waals surface area contributed by atoms with E-state index in [1.165, 1.54) is 14.8 Å². The Morgan fingerprint density at radius 3 is 2.36 bits per heavy atom. The van der Waals surface area contributed by atoms with Crippen LogP contribution in [0.5, 0.6) is 0 Å². The molecule has 1 aliphatic rings. The molecular weight excluding hydrogens is 466 g/mol. The number of hydrogen-bond donors (Lipinski definition) is 0. The number of ether oxygens (including phenoxy) is 1. The van der Waals surface area contributed by atoms with Gasteiger partial charge in [-0.1, -0.05) is 32.0 Å². The van der Waals surface area contributed by atoms with Gasteiger partial charge in [-0.25, -0.2) is 13.2 Å². The van der Waals surface area contributed by atoms with Crippen LogP contribution in [-0.4, -0.2) is 63.3 Å². The van der Waals surface area contributed by atoms with Gasteiger partial charge in [0.15, 0.2) is 9.84 Å². The Morgan fingerprint density at radius 1 is 1.12 bits per heavy atom. The summed E-state index contributed by atoms with van der Waals surface area (Å²) in [5, 5.41) is 0. The predicted octanol–water partition coefficient (Wildman–Crippen LogP) is 2.27. The number of aromatic nitrogens is 1. The van der Waals surface area contributed by atoms with E-state index >= 15 is 0 Å². The average Bonchev–Trinajstić information content (AvgIpc) is 2.77. The quantitative estimate of drug-likeness (QED) is 0.490. The van der Waals surface area contributed by atoms with E-state index < -0.39 is 26.0 Å². The molecule has 1 aromatic heterocycles. The van der Waals surface area contributed by atoms with E-state index in [2.05, 4.69) is 4.98 Å². The van der Waals surface area contributed by atoms with Gasteiger partial charge in [0.05, 0.1) is 41.6 Å². The zero-order valence-electron chi connectivity index (χ0n) is 18.8. The smallest absolute Gasteiger partial charge is 0.339 e. The number of sulfone groups is 1. The van der Waals surface area contributed by atoms with Gasteiger partial charge in [-0.15, -0.1) is 0 Å². The zero-order valence-corrected chi connectivity index (χ0v) is 20.4. The van der Waals surface area contributed by atoms with Crippen molar-refractivity contribution >= 4 is 31.7 Å². The molecule has 3 rings (SSSR count). The molecule has 0 N–H and O–H groups in total. The Kier molecular flexibility index (Phi) is 8.09. The third-order valence-electron chi connectivity index (χ3n) is 5.25. The second kappa shape index (κ2) is 10.6. The highest BCUT2D eigenvalue weighted by molar-refractivity contribution is 7.92. The van der Waals surface area contributed by atoms with Crippen LogP contribution < -0.4 is 4.31 Å². The number of para-hydroxylation sites is 1. The molecule has 0 spiro atoms. The fraction of sp³-hybridized carbons (Fsp3) is 0.455. The molecule has 1 saturated heterocycles. The number of esters is 1. The number of benzene rings is 1. The number of hydrogen-bond acceptors (Lipinski definition) is 7. The van der Waals surface area contributed by atoms with Gasteiger partial charge < -0.3 is 4.74 Å². The summed E-state index contributed by atoms with van der Waals surface area (Å²) in [5.41, 5.74) is 1.16. The number of nitrogens with zero attached hydrogens (tertiary/aromatic N) is 3. The zero-order chi connectivity index (χ0) is 24.1. The molecule has 0 saturated carbocycles. The number of anilines is 1. The van der Waals surface area contributed by atoms with Gasteiger partial charge >= 0.3 is 16.2 Å². The highest BCUT2D eigenvalue weighted by Gasteiger charge is 2.35. The Bertz CT molecular complexity index is 1140. The Labute approximate surface area is 195 Å². The van der Waals surface area contributed by atoms with E-state index in [0.717, 1.165) is 6.42 Å². The molecule has 0 atom stereocenters. The summed E-state index contributed by atoms with van der Waals surface area (Å²) in [6, 6.07) is 11.7. The molecule has 0 bridgehead atoms. The summed E-state index contributed by atoms with van der Waals surface area (Å²) in [5.74, 6) is -0.470. The van der Waals surface area contributed by atoms with E-state index in [9.17, 15) is 21.6 Å². The second-order valence-corrected chi connectivity index (χ2v) is 12.4. The third kappa shape index (κ3) is 6.75. The summed E-state index contributed by atoms with van der Waals surface area (Å²) < 4.78 is 57.9. The van der Waals surface area contributed by atoms with E-state index in [1.54, 1.807) is 42.5 Å². The number of pyridine rings is 1. The van der Waals surface area contributed by atoms with E-state index in [-0.39, 0.29) is 36.7 Å². The summed E-state index contributed by atoms with van der Waals surface area (Å²) >= 11 is 0. The molecular formula is C22H29N3O6S2. The normalized spacial score (nSPS) is 16.5. The first-order valence-corrected chi connectivity index (χ1v) is 14.0. The van der Waals surface area contributed by atoms with Crippen LogP contribution in [0, 0.1) is 5.92 Å². The van der Waals surface area contributed by atoms with Crippen molar-refractivity contribution in [3.63, 3.8) is 0 Å². The molecule has 11 heteroatoms. The standard InChI is InChI=1S/C22H29N3O6S2/c1-18(2)10-13-31-22(26)19-8-9-20(23-16-19)17-25(21-6-4-3-5-7-21)33(29,30)24-11-14-32(27,28)15-12-24/h3-9,16,18H,10-15,17H2,1-2H3. The van der Waals surface area contributed by atoms with Gasteiger partial charge in [-0.05, 0) is 36.6 Å². The van der Waals surface area contributed by atoms with Crippen LogP contribution in [0.25, 0.3) is 0 Å². The van der Waals surface area contributed by atoms with E-state index in [0.29, 0.717) is 23.9 Å². The predicted molar refractivity (Wildman–Crippen MR) is 126 cm³/mol. The molecule has 180 valence electrons. The lowest BCUT2D eigenvalue weighted by Crippen LogP contribution is -2.50. The molecule has 0 radical (unpaired) electrons. The number of carbonyl (C=O) groups is 1. The lowest BCUT2D eigenvalue weighted by molar-refractivity contribution is 0.0487. The molecule has 2 aromatic rings. The van der Waals surface area contributed by atoms with Crippen LogP contribution in [0.4, 0.5) is 5.69 Å². The molecule has 9 nitrogen and oxygen atoms in total. The third-order valence-corrected chi connectivity index (χ3v) is 8.77. The lowest BCUT2D eigenvalue weighted by atomic mass is 10.1. The minimum Gasteiger partial charge on any atom is -0.462 e. The molecule has 0 unspecified atom stereocenters. The van der Waals surface area contributed by atoms with Crippen molar-refractivity contribution < 1.29 is 26.4 Å². The number of rotatable bonds is 9. The van der Waals surface area contributed by atoms with Crippen LogP contribution in [0.15, 0.2) is 48.7 Å². The maximum atomic E-state index is 13.4. The highest BCUT2D eigenvalue weighted by atomic mass is 32.2. The van der Waals surface area contributed by atoms with Crippen LogP contribution >= 0.6 is 0 Å². The Morgan fingerprint density at radius 2 is 1.79 bits per heavy atom. The minimum atomic E-state index is -4.00. The molecule has 33 heavy (non-hydrogen) atoms. The minimum absolute atomic E-state index is 0.0712. The lowest BCUT2D eigenvalue weighted by Gasteiger charge is -2.33. The van der Waals surface area contributed by atoms with Crippen molar-refractivity contribution in [2.24, 2.45) is 5.92 Å². The van der Waals surface area contributed by atoms with Crippen molar-refractivity contribution in [1.82, 2.24) is 9.29 Å². The Balaban J connectivity index is 1.78. The molecule has 0 aliphatic carbocycles. The largest absolute Gasteiger partial charge is 0.462 e. The summed E-state index contributed by atoms with van der Waals surface area (Å²) in [6.45, 7) is 4.15. The molecule has 1 aromatic carbocycles. The maximum Gasteiger partial charge on any atom is 0.339 e. The van der Waals surface area contributed by atoms with Gasteiger partial charge in [-0.3, -0.25) is 9.29 Å². The van der Waals surface area contributed by atoms with Gasteiger partial charge in [0.2, 0.25) is 0 Å². The van der Waals surface area contributed by atoms with Crippen molar-refractivity contribution in [2.45, 2.75) is 26.8 Å². The summed E-state index contributed by atoms with van der Waals surface area (Å²) in [6.07, 6.45) is 2.13. The van der Waals surface area contributed by atoms with Crippen LogP contribution in [0.1, 0.15) is 36.3 Å². The number of carbonyl (C=O) groups excluding carboxylic acids is 1. The molecule has 1 fully saturated rings. The fourth-order valence-electron chi connectivity index (χ4n) is 3.22. The first-order valence-electron chi connectivity index (χ1n) is 10.7. The van der Waals surface area contributed by atoms with Gasteiger partial charge in [0, 0.05) is 19.3 Å². The second-order valence-electron chi connectivity index (χ2n) is 8.26. The first-order chi connectivity index (χ1) is 15.6. The van der Waals surface area contributed by atoms with Crippen molar-refractivity contribution in [3.8, 4) is 0 Å². The average molecular weight is 496 g/mol. The fourth-order valence-corrected chi connectivity index (χ4v) is 6.26. The first kappa shape index (κ1) is 25.1. The molecule has 0 amide bonds. The van der Waals surface area contributed by atoms with Crippen LogP contribution in [0.2, 0.25) is 0 Å². The maximum absolute atomic E-state index is 13.4. The van der Waals surface area contributed by atoms with Crippen LogP contribution in [-0.2, 0) is 31.3 Å². The summed E-state index contributed by atoms with van der Waals surface area (Å²) in [7, 11) is -7.23. The molecule has 2 heterocycles. The highest BCUT2D eigenvalue weighted by Crippen LogP contribution is 2.24. The van der Waals surface area contributed by atoms with Gasteiger partial charge in [0.1, 0.15) is 0 Å². The van der Waals surface area contributed by atoms with E-state index in [4.69, 9.17) is 4.74 Å².